The number of halogens is 2. The van der Waals surface area contributed by atoms with Crippen LogP contribution in [0.5, 0.6) is 0 Å². The molecule has 148 valence electrons. The second-order valence-corrected chi connectivity index (χ2v) is 8.22. The highest BCUT2D eigenvalue weighted by Gasteiger charge is 2.36. The molecule has 7 heteroatoms. The van der Waals surface area contributed by atoms with Gasteiger partial charge >= 0.3 is 0 Å². The van der Waals surface area contributed by atoms with Crippen LogP contribution in [0.1, 0.15) is 31.1 Å². The zero-order chi connectivity index (χ0) is 20.7. The van der Waals surface area contributed by atoms with Crippen LogP contribution < -0.4 is 5.32 Å². The summed E-state index contributed by atoms with van der Waals surface area (Å²) in [5.41, 5.74) is 3.33. The third kappa shape index (κ3) is 2.36. The molecule has 0 amide bonds. The van der Waals surface area contributed by atoms with Gasteiger partial charge in [0.05, 0.1) is 22.4 Å². The minimum Gasteiger partial charge on any atom is -0.371 e. The second kappa shape index (κ2) is 5.65. The van der Waals surface area contributed by atoms with Crippen molar-refractivity contribution < 1.29 is 8.78 Å². The Bertz CT molecular complexity index is 1310. The topological polar surface area (TPSA) is 47.7 Å². The van der Waals surface area contributed by atoms with Gasteiger partial charge in [-0.3, -0.25) is 4.57 Å². The normalized spacial score (nSPS) is 14.6. The van der Waals surface area contributed by atoms with Gasteiger partial charge in [-0.25, -0.2) is 8.78 Å². The van der Waals surface area contributed by atoms with Crippen molar-refractivity contribution in [1.82, 2.24) is 19.3 Å². The van der Waals surface area contributed by atoms with Gasteiger partial charge in [0.15, 0.2) is 5.82 Å². The monoisotopic (exact) mass is 393 g/mol. The Labute approximate surface area is 167 Å². The van der Waals surface area contributed by atoms with Crippen molar-refractivity contribution in [2.75, 3.05) is 5.32 Å². The van der Waals surface area contributed by atoms with Crippen molar-refractivity contribution in [3.8, 4) is 16.8 Å². The van der Waals surface area contributed by atoms with Crippen LogP contribution in [0.4, 0.5) is 14.5 Å². The van der Waals surface area contributed by atoms with E-state index in [1.54, 1.807) is 0 Å². The Morgan fingerprint density at radius 3 is 2.59 bits per heavy atom. The van der Waals surface area contributed by atoms with Crippen LogP contribution in [0.3, 0.4) is 0 Å². The van der Waals surface area contributed by atoms with Crippen molar-refractivity contribution in [1.29, 1.82) is 0 Å². The molecule has 0 fully saturated rings. The van der Waals surface area contributed by atoms with Crippen LogP contribution >= 0.6 is 0 Å². The maximum Gasteiger partial charge on any atom is 0.162 e. The molecule has 5 rings (SSSR count). The molecule has 0 saturated carbocycles. The molecule has 1 N–H and O–H groups in total. The van der Waals surface area contributed by atoms with Gasteiger partial charge in [0.25, 0.3) is 0 Å². The van der Waals surface area contributed by atoms with Gasteiger partial charge < -0.3 is 9.88 Å². The standard InChI is InChI=1S/C22H21F2N5/c1-11-19(15-8-13(23)9-18-14(15)6-7-28(18)5)16(24)10-17-20(11)29-12(2)26-27-21(29)22(3,4)25-17/h6-10,25H,1-5H3. The van der Waals surface area contributed by atoms with Gasteiger partial charge in [-0.1, -0.05) is 0 Å². The molecule has 0 unspecified atom stereocenters. The Morgan fingerprint density at radius 2 is 1.83 bits per heavy atom. The fourth-order valence-corrected chi connectivity index (χ4v) is 4.45. The van der Waals surface area contributed by atoms with E-state index in [0.717, 1.165) is 28.2 Å². The van der Waals surface area contributed by atoms with E-state index in [2.05, 4.69) is 15.5 Å². The summed E-state index contributed by atoms with van der Waals surface area (Å²) >= 11 is 0. The molecular formula is C22H21F2N5. The number of nitrogens with zero attached hydrogens (tertiary/aromatic N) is 4. The van der Waals surface area contributed by atoms with Crippen LogP contribution in [0, 0.1) is 25.5 Å². The minimum atomic E-state index is -0.500. The summed E-state index contributed by atoms with van der Waals surface area (Å²) in [5.74, 6) is 0.688. The first-order valence-electron chi connectivity index (χ1n) is 9.48. The van der Waals surface area contributed by atoms with E-state index in [0.29, 0.717) is 22.4 Å². The first-order chi connectivity index (χ1) is 13.7. The zero-order valence-electron chi connectivity index (χ0n) is 16.9. The van der Waals surface area contributed by atoms with E-state index in [9.17, 15) is 4.39 Å². The Morgan fingerprint density at radius 1 is 1.07 bits per heavy atom. The van der Waals surface area contributed by atoms with E-state index in [4.69, 9.17) is 0 Å². The van der Waals surface area contributed by atoms with Crippen LogP contribution in [0.25, 0.3) is 27.7 Å². The average molecular weight is 393 g/mol. The second-order valence-electron chi connectivity index (χ2n) is 8.22. The summed E-state index contributed by atoms with van der Waals surface area (Å²) < 4.78 is 33.7. The number of aromatic nitrogens is 4. The highest BCUT2D eigenvalue weighted by molar-refractivity contribution is 5.98. The van der Waals surface area contributed by atoms with Gasteiger partial charge in [0.2, 0.25) is 0 Å². The Hall–Kier alpha value is -3.22. The lowest BCUT2D eigenvalue weighted by Crippen LogP contribution is -2.36. The summed E-state index contributed by atoms with van der Waals surface area (Å²) in [6, 6.07) is 6.25. The molecule has 2 aromatic heterocycles. The number of nitrogens with one attached hydrogen (secondary N) is 1. The fraction of sp³-hybridized carbons (Fsp3) is 0.273. The highest BCUT2D eigenvalue weighted by atomic mass is 19.1. The minimum absolute atomic E-state index is 0.389. The van der Waals surface area contributed by atoms with Gasteiger partial charge in [-0.2, -0.15) is 0 Å². The Kier molecular flexibility index (Phi) is 3.48. The van der Waals surface area contributed by atoms with E-state index < -0.39 is 17.2 Å². The van der Waals surface area contributed by atoms with Crippen LogP contribution in [0.2, 0.25) is 0 Å². The molecule has 2 aromatic carbocycles. The number of benzene rings is 2. The lowest BCUT2D eigenvalue weighted by molar-refractivity contribution is 0.532. The molecule has 4 aromatic rings. The van der Waals surface area contributed by atoms with Crippen LogP contribution in [0.15, 0.2) is 30.5 Å². The maximum atomic E-state index is 15.4. The molecule has 1 aliphatic heterocycles. The summed E-state index contributed by atoms with van der Waals surface area (Å²) in [5, 5.41) is 12.8. The highest BCUT2D eigenvalue weighted by Crippen LogP contribution is 2.44. The van der Waals surface area contributed by atoms with Crippen LogP contribution in [-0.4, -0.2) is 19.3 Å². The molecular weight excluding hydrogens is 372 g/mol. The predicted molar refractivity (Wildman–Crippen MR) is 109 cm³/mol. The summed E-state index contributed by atoms with van der Waals surface area (Å²) in [4.78, 5) is 0. The molecule has 0 radical (unpaired) electrons. The quantitative estimate of drug-likeness (QED) is 0.496. The summed E-state index contributed by atoms with van der Waals surface area (Å²) in [6.45, 7) is 7.70. The summed E-state index contributed by atoms with van der Waals surface area (Å²) in [6.07, 6.45) is 1.85. The first-order valence-corrected chi connectivity index (χ1v) is 9.48. The molecule has 0 saturated heterocycles. The largest absolute Gasteiger partial charge is 0.371 e. The van der Waals surface area contributed by atoms with Gasteiger partial charge in [-0.05, 0) is 63.1 Å². The third-order valence-electron chi connectivity index (χ3n) is 5.79. The number of hydrogen-bond acceptors (Lipinski definition) is 3. The predicted octanol–water partition coefficient (Wildman–Crippen LogP) is 4.98. The van der Waals surface area contributed by atoms with Gasteiger partial charge in [0, 0.05) is 24.2 Å². The molecule has 0 aliphatic carbocycles. The number of rotatable bonds is 1. The van der Waals surface area contributed by atoms with E-state index in [1.807, 2.05) is 56.1 Å². The summed E-state index contributed by atoms with van der Waals surface area (Å²) in [7, 11) is 1.85. The molecule has 5 nitrogen and oxygen atoms in total. The van der Waals surface area contributed by atoms with E-state index >= 15 is 4.39 Å². The Balaban J connectivity index is 1.88. The lowest BCUT2D eigenvalue weighted by Gasteiger charge is -2.35. The molecule has 0 spiro atoms. The lowest BCUT2D eigenvalue weighted by atomic mass is 9.92. The molecule has 0 atom stereocenters. The number of fused-ring (bicyclic) bond motifs is 4. The molecule has 0 bridgehead atoms. The number of aryl methyl sites for hydroxylation is 2. The van der Waals surface area contributed by atoms with Gasteiger partial charge in [-0.15, -0.1) is 10.2 Å². The number of hydrogen-bond donors (Lipinski definition) is 1. The third-order valence-corrected chi connectivity index (χ3v) is 5.79. The van der Waals surface area contributed by atoms with E-state index in [1.165, 1.54) is 18.2 Å². The SMILES string of the molecule is Cc1c(-c2cc(F)cc3c2ccn3C)c(F)cc2c1-n1c(C)nnc1C(C)(C)N2. The maximum absolute atomic E-state index is 15.4. The van der Waals surface area contributed by atoms with E-state index in [-0.39, 0.29) is 0 Å². The van der Waals surface area contributed by atoms with Crippen molar-refractivity contribution >= 4 is 16.6 Å². The van der Waals surface area contributed by atoms with Crippen molar-refractivity contribution in [3.05, 3.63) is 59.3 Å². The average Bonchev–Trinajstić information content (AvgIpc) is 3.19. The van der Waals surface area contributed by atoms with Gasteiger partial charge in [0.1, 0.15) is 17.5 Å². The molecule has 29 heavy (non-hydrogen) atoms. The van der Waals surface area contributed by atoms with Crippen LogP contribution in [-0.2, 0) is 12.6 Å². The molecule has 1 aliphatic rings. The smallest absolute Gasteiger partial charge is 0.162 e. The fourth-order valence-electron chi connectivity index (χ4n) is 4.45. The zero-order valence-corrected chi connectivity index (χ0v) is 16.9. The number of anilines is 1. The van der Waals surface area contributed by atoms with Crippen molar-refractivity contribution in [2.45, 2.75) is 33.2 Å². The molecule has 3 heterocycles. The van der Waals surface area contributed by atoms with Crippen molar-refractivity contribution in [2.24, 2.45) is 7.05 Å². The first kappa shape index (κ1) is 17.8. The van der Waals surface area contributed by atoms with Crippen molar-refractivity contribution in [3.63, 3.8) is 0 Å².